The van der Waals surface area contributed by atoms with Gasteiger partial charge < -0.3 is 20.6 Å². The highest BCUT2D eigenvalue weighted by Crippen LogP contribution is 2.21. The first-order valence-electron chi connectivity index (χ1n) is 5.30. The maximum absolute atomic E-state index is 11.8. The summed E-state index contributed by atoms with van der Waals surface area (Å²) in [6, 6.07) is 3.68. The molecule has 0 fully saturated rings. The first kappa shape index (κ1) is 13.3. The Morgan fingerprint density at radius 2 is 1.76 bits per heavy atom. The molecule has 0 saturated heterocycles. The highest BCUT2D eigenvalue weighted by atomic mass is 16.3. The molecule has 17 heavy (non-hydrogen) atoms. The minimum Gasteiger partial charge on any atom is -0.508 e. The summed E-state index contributed by atoms with van der Waals surface area (Å²) in [6.07, 6.45) is 0.420. The van der Waals surface area contributed by atoms with Crippen molar-refractivity contribution in [3.05, 3.63) is 23.8 Å². The van der Waals surface area contributed by atoms with E-state index in [1.54, 1.807) is 13.8 Å². The van der Waals surface area contributed by atoms with Crippen LogP contribution in [0, 0.1) is 0 Å². The van der Waals surface area contributed by atoms with E-state index >= 15 is 0 Å². The van der Waals surface area contributed by atoms with Crippen LogP contribution in [0.5, 0.6) is 11.5 Å². The Morgan fingerprint density at radius 1 is 1.24 bits per heavy atom. The third kappa shape index (κ3) is 3.96. The molecule has 0 aliphatic rings. The van der Waals surface area contributed by atoms with Gasteiger partial charge in [0.2, 0.25) is 0 Å². The number of aliphatic hydroxyl groups is 1. The Morgan fingerprint density at radius 3 is 2.24 bits per heavy atom. The number of hydrogen-bond acceptors (Lipinski definition) is 4. The van der Waals surface area contributed by atoms with E-state index in [0.717, 1.165) is 6.07 Å². The van der Waals surface area contributed by atoms with Crippen LogP contribution < -0.4 is 5.32 Å². The molecule has 0 atom stereocenters. The second kappa shape index (κ2) is 5.05. The lowest BCUT2D eigenvalue weighted by atomic mass is 10.0. The van der Waals surface area contributed by atoms with Gasteiger partial charge in [0.1, 0.15) is 11.5 Å². The number of amides is 1. The van der Waals surface area contributed by atoms with Gasteiger partial charge in [-0.2, -0.15) is 0 Å². The average molecular weight is 239 g/mol. The Bertz CT molecular complexity index is 395. The van der Waals surface area contributed by atoms with Crippen molar-refractivity contribution in [1.29, 1.82) is 0 Å². The summed E-state index contributed by atoms with van der Waals surface area (Å²) in [4.78, 5) is 11.8. The Balaban J connectivity index is 2.83. The van der Waals surface area contributed by atoms with Crippen LogP contribution in [0.4, 0.5) is 0 Å². The number of phenolic OH excluding ortho intramolecular Hbond substituents is 2. The van der Waals surface area contributed by atoms with Crippen LogP contribution in [-0.4, -0.2) is 33.4 Å². The molecule has 0 radical (unpaired) electrons. The lowest BCUT2D eigenvalue weighted by molar-refractivity contribution is 0.0898. The summed E-state index contributed by atoms with van der Waals surface area (Å²) in [5.41, 5.74) is -0.374. The summed E-state index contributed by atoms with van der Waals surface area (Å²) in [5, 5.41) is 30.1. The minimum absolute atomic E-state index is 0.0292. The molecule has 1 rings (SSSR count). The lowest BCUT2D eigenvalue weighted by Crippen LogP contribution is -2.44. The van der Waals surface area contributed by atoms with Crippen molar-refractivity contribution in [3.63, 3.8) is 0 Å². The molecule has 4 N–H and O–H groups in total. The van der Waals surface area contributed by atoms with E-state index in [4.69, 9.17) is 5.11 Å². The van der Waals surface area contributed by atoms with Crippen LogP contribution in [0.25, 0.3) is 0 Å². The molecule has 1 amide bonds. The van der Waals surface area contributed by atoms with Crippen molar-refractivity contribution in [1.82, 2.24) is 5.32 Å². The maximum Gasteiger partial charge on any atom is 0.251 e. The molecule has 0 aliphatic carbocycles. The average Bonchev–Trinajstić information content (AvgIpc) is 2.14. The SMILES string of the molecule is CC(C)(CCO)NC(=O)c1cc(O)cc(O)c1. The van der Waals surface area contributed by atoms with Crippen molar-refractivity contribution < 1.29 is 20.1 Å². The van der Waals surface area contributed by atoms with Crippen LogP contribution in [0.15, 0.2) is 18.2 Å². The number of aromatic hydroxyl groups is 2. The molecule has 0 aromatic heterocycles. The highest BCUT2D eigenvalue weighted by Gasteiger charge is 2.21. The third-order valence-corrected chi connectivity index (χ3v) is 2.35. The van der Waals surface area contributed by atoms with Crippen molar-refractivity contribution in [2.75, 3.05) is 6.61 Å². The van der Waals surface area contributed by atoms with E-state index < -0.39 is 11.4 Å². The molecule has 5 heteroatoms. The largest absolute Gasteiger partial charge is 0.508 e. The van der Waals surface area contributed by atoms with Gasteiger partial charge in [0.05, 0.1) is 0 Å². The van der Waals surface area contributed by atoms with Gasteiger partial charge in [-0.25, -0.2) is 0 Å². The van der Waals surface area contributed by atoms with Crippen LogP contribution in [0.2, 0.25) is 0 Å². The second-order valence-corrected chi connectivity index (χ2v) is 4.55. The normalized spacial score (nSPS) is 11.2. The molecule has 94 valence electrons. The molecule has 0 spiro atoms. The second-order valence-electron chi connectivity index (χ2n) is 4.55. The summed E-state index contributed by atoms with van der Waals surface area (Å²) in [5.74, 6) is -0.750. The topological polar surface area (TPSA) is 89.8 Å². The molecule has 5 nitrogen and oxygen atoms in total. The van der Waals surface area contributed by atoms with E-state index in [2.05, 4.69) is 5.32 Å². The molecule has 1 aromatic carbocycles. The van der Waals surface area contributed by atoms with E-state index in [9.17, 15) is 15.0 Å². The van der Waals surface area contributed by atoms with E-state index in [1.807, 2.05) is 0 Å². The van der Waals surface area contributed by atoms with Gasteiger partial charge in [-0.1, -0.05) is 0 Å². The molecule has 0 aliphatic heterocycles. The fraction of sp³-hybridized carbons (Fsp3) is 0.417. The van der Waals surface area contributed by atoms with Gasteiger partial charge in [0.15, 0.2) is 0 Å². The van der Waals surface area contributed by atoms with E-state index in [-0.39, 0.29) is 23.7 Å². The maximum atomic E-state index is 11.8. The summed E-state index contributed by atoms with van der Waals surface area (Å²) in [7, 11) is 0. The Hall–Kier alpha value is -1.75. The van der Waals surface area contributed by atoms with Crippen LogP contribution in [0.3, 0.4) is 0 Å². The van der Waals surface area contributed by atoms with Crippen LogP contribution in [0.1, 0.15) is 30.6 Å². The number of hydrogen-bond donors (Lipinski definition) is 4. The Kier molecular flexibility index (Phi) is 3.96. The van der Waals surface area contributed by atoms with Crippen molar-refractivity contribution >= 4 is 5.91 Å². The smallest absolute Gasteiger partial charge is 0.251 e. The van der Waals surface area contributed by atoms with Gasteiger partial charge >= 0.3 is 0 Å². The van der Waals surface area contributed by atoms with Gasteiger partial charge in [-0.3, -0.25) is 4.79 Å². The van der Waals surface area contributed by atoms with Gasteiger partial charge in [0, 0.05) is 23.8 Å². The number of carbonyl (C=O) groups excluding carboxylic acids is 1. The predicted molar refractivity (Wildman–Crippen MR) is 63.0 cm³/mol. The fourth-order valence-electron chi connectivity index (χ4n) is 1.45. The highest BCUT2D eigenvalue weighted by molar-refractivity contribution is 5.95. The molecule has 0 bridgehead atoms. The standard InChI is InChI=1S/C12H17NO4/c1-12(2,3-4-14)13-11(17)8-5-9(15)7-10(16)6-8/h5-7,14-16H,3-4H2,1-2H3,(H,13,17). The Labute approximate surface area is 99.7 Å². The number of rotatable bonds is 4. The molecule has 0 heterocycles. The zero-order valence-corrected chi connectivity index (χ0v) is 9.90. The molecule has 1 aromatic rings. The molecule has 0 saturated carbocycles. The minimum atomic E-state index is -0.549. The monoisotopic (exact) mass is 239 g/mol. The summed E-state index contributed by atoms with van der Waals surface area (Å²) >= 11 is 0. The number of carbonyl (C=O) groups is 1. The van der Waals surface area contributed by atoms with Gasteiger partial charge in [-0.15, -0.1) is 0 Å². The first-order valence-corrected chi connectivity index (χ1v) is 5.30. The van der Waals surface area contributed by atoms with Crippen molar-refractivity contribution in [2.24, 2.45) is 0 Å². The van der Waals surface area contributed by atoms with Gasteiger partial charge in [0.25, 0.3) is 5.91 Å². The third-order valence-electron chi connectivity index (χ3n) is 2.35. The number of benzene rings is 1. The van der Waals surface area contributed by atoms with Crippen molar-refractivity contribution in [2.45, 2.75) is 25.8 Å². The fourth-order valence-corrected chi connectivity index (χ4v) is 1.45. The number of phenols is 2. The zero-order chi connectivity index (χ0) is 13.1. The number of aliphatic hydroxyl groups excluding tert-OH is 1. The summed E-state index contributed by atoms with van der Waals surface area (Å²) in [6.45, 7) is 3.53. The predicted octanol–water partition coefficient (Wildman–Crippen LogP) is 0.989. The molecule has 0 unspecified atom stereocenters. The lowest BCUT2D eigenvalue weighted by Gasteiger charge is -2.25. The van der Waals surface area contributed by atoms with E-state index in [0.29, 0.717) is 6.42 Å². The van der Waals surface area contributed by atoms with Crippen LogP contribution in [-0.2, 0) is 0 Å². The summed E-state index contributed by atoms with van der Waals surface area (Å²) < 4.78 is 0. The quantitative estimate of drug-likeness (QED) is 0.630. The number of nitrogens with one attached hydrogen (secondary N) is 1. The molecular weight excluding hydrogens is 222 g/mol. The first-order chi connectivity index (χ1) is 7.84. The zero-order valence-electron chi connectivity index (χ0n) is 9.90. The molecular formula is C12H17NO4. The van der Waals surface area contributed by atoms with Gasteiger partial charge in [-0.05, 0) is 32.4 Å². The van der Waals surface area contributed by atoms with E-state index in [1.165, 1.54) is 12.1 Å². The van der Waals surface area contributed by atoms with Crippen molar-refractivity contribution in [3.8, 4) is 11.5 Å². The van der Waals surface area contributed by atoms with Crippen LogP contribution >= 0.6 is 0 Å².